The number of hydrogen-bond acceptors (Lipinski definition) is 6. The van der Waals surface area contributed by atoms with Crippen LogP contribution in [0.2, 0.25) is 0 Å². The van der Waals surface area contributed by atoms with Gasteiger partial charge in [0.25, 0.3) is 11.5 Å². The van der Waals surface area contributed by atoms with Crippen molar-refractivity contribution >= 4 is 17.5 Å². The number of aromatic amines is 1. The van der Waals surface area contributed by atoms with Gasteiger partial charge in [0, 0.05) is 50.0 Å². The molecule has 1 fully saturated rings. The molecular weight excluding hydrogens is 565 g/mol. The second-order valence-electron chi connectivity index (χ2n) is 11.0. The average Bonchev–Trinajstić information content (AvgIpc) is 3.44. The molecule has 1 aliphatic rings. The molecule has 2 heterocycles. The molecule has 3 N–H and O–H groups in total. The summed E-state index contributed by atoms with van der Waals surface area (Å²) < 4.78 is 22.1. The van der Waals surface area contributed by atoms with Crippen molar-refractivity contribution in [3.8, 4) is 28.0 Å². The summed E-state index contributed by atoms with van der Waals surface area (Å²) in [6.45, 7) is 4.63. The Kier molecular flexibility index (Phi) is 8.50. The number of nitrogens with one attached hydrogen (secondary N) is 3. The SMILES string of the molecule is COc1cc(-c2cccc(-c3cccc(NC(=O)c4c[nH]c(=O)n(C)c4=O)c3C)c2C)cc(F)c1CN(C)[C@@H]1CNC(=O)C1. The quantitative estimate of drug-likeness (QED) is 0.283. The minimum Gasteiger partial charge on any atom is -0.496 e. The summed E-state index contributed by atoms with van der Waals surface area (Å²) in [7, 11) is 4.67. The number of rotatable bonds is 8. The molecule has 5 rings (SSSR count). The monoisotopic (exact) mass is 599 g/mol. The number of amides is 2. The molecule has 3 aromatic carbocycles. The van der Waals surface area contributed by atoms with Crippen LogP contribution in [-0.4, -0.2) is 53.0 Å². The summed E-state index contributed by atoms with van der Waals surface area (Å²) in [5.74, 6) is -0.634. The lowest BCUT2D eigenvalue weighted by molar-refractivity contribution is -0.119. The number of anilines is 1. The molecule has 228 valence electrons. The number of halogens is 1. The highest BCUT2D eigenvalue weighted by molar-refractivity contribution is 6.04. The zero-order valence-corrected chi connectivity index (χ0v) is 25.2. The second-order valence-corrected chi connectivity index (χ2v) is 11.0. The zero-order valence-electron chi connectivity index (χ0n) is 25.2. The van der Waals surface area contributed by atoms with E-state index in [2.05, 4.69) is 15.6 Å². The highest BCUT2D eigenvalue weighted by atomic mass is 19.1. The van der Waals surface area contributed by atoms with Crippen LogP contribution in [0.1, 0.15) is 33.5 Å². The summed E-state index contributed by atoms with van der Waals surface area (Å²) in [4.78, 5) is 53.1. The van der Waals surface area contributed by atoms with E-state index in [9.17, 15) is 19.2 Å². The number of likely N-dealkylation sites (N-methyl/N-ethyl adjacent to an activating group) is 1. The lowest BCUT2D eigenvalue weighted by Crippen LogP contribution is -2.37. The van der Waals surface area contributed by atoms with E-state index < -0.39 is 23.0 Å². The first-order valence-corrected chi connectivity index (χ1v) is 14.1. The molecule has 1 aromatic heterocycles. The van der Waals surface area contributed by atoms with Crippen LogP contribution in [-0.2, 0) is 18.4 Å². The first-order chi connectivity index (χ1) is 21.0. The van der Waals surface area contributed by atoms with Gasteiger partial charge >= 0.3 is 5.69 Å². The third-order valence-electron chi connectivity index (χ3n) is 8.30. The normalized spacial score (nSPS) is 14.5. The third-order valence-corrected chi connectivity index (χ3v) is 8.30. The van der Waals surface area contributed by atoms with Crippen molar-refractivity contribution in [1.29, 1.82) is 0 Å². The molecule has 4 aromatic rings. The van der Waals surface area contributed by atoms with Gasteiger partial charge in [-0.25, -0.2) is 9.18 Å². The Labute approximate surface area is 253 Å². The predicted octanol–water partition coefficient (Wildman–Crippen LogP) is 3.74. The van der Waals surface area contributed by atoms with Crippen LogP contribution in [0.15, 0.2) is 64.3 Å². The Morgan fingerprint density at radius 1 is 1.07 bits per heavy atom. The van der Waals surface area contributed by atoms with E-state index >= 15 is 4.39 Å². The van der Waals surface area contributed by atoms with Crippen LogP contribution < -0.4 is 26.6 Å². The number of aromatic nitrogens is 2. The maximum atomic E-state index is 15.6. The summed E-state index contributed by atoms with van der Waals surface area (Å²) in [6.07, 6.45) is 1.48. The van der Waals surface area contributed by atoms with E-state index in [-0.39, 0.29) is 24.1 Å². The maximum Gasteiger partial charge on any atom is 0.328 e. The van der Waals surface area contributed by atoms with Gasteiger partial charge in [0.2, 0.25) is 5.91 Å². The number of carbonyl (C=O) groups is 2. The lowest BCUT2D eigenvalue weighted by Gasteiger charge is -2.24. The number of H-pyrrole nitrogens is 1. The molecule has 1 saturated heterocycles. The van der Waals surface area contributed by atoms with Crippen LogP contribution >= 0.6 is 0 Å². The van der Waals surface area contributed by atoms with Gasteiger partial charge in [0.1, 0.15) is 17.1 Å². The van der Waals surface area contributed by atoms with Gasteiger partial charge in [-0.15, -0.1) is 0 Å². The number of nitrogens with zero attached hydrogens (tertiary/aromatic N) is 2. The van der Waals surface area contributed by atoms with E-state index in [1.807, 2.05) is 56.1 Å². The predicted molar refractivity (Wildman–Crippen MR) is 166 cm³/mol. The summed E-state index contributed by atoms with van der Waals surface area (Å²) in [6, 6.07) is 14.5. The molecule has 0 spiro atoms. The molecule has 44 heavy (non-hydrogen) atoms. The van der Waals surface area contributed by atoms with Crippen molar-refractivity contribution in [2.75, 3.05) is 26.0 Å². The van der Waals surface area contributed by atoms with E-state index in [1.165, 1.54) is 20.2 Å². The highest BCUT2D eigenvalue weighted by Crippen LogP contribution is 2.38. The van der Waals surface area contributed by atoms with Gasteiger partial charge in [-0.05, 0) is 72.5 Å². The Morgan fingerprint density at radius 3 is 2.43 bits per heavy atom. The molecular formula is C33H34FN5O5. The molecule has 1 aliphatic heterocycles. The van der Waals surface area contributed by atoms with Crippen molar-refractivity contribution in [1.82, 2.24) is 19.8 Å². The van der Waals surface area contributed by atoms with E-state index in [0.717, 1.165) is 38.6 Å². The molecule has 1 atom stereocenters. The first kappa shape index (κ1) is 30.4. The van der Waals surface area contributed by atoms with E-state index in [4.69, 9.17) is 4.74 Å². The van der Waals surface area contributed by atoms with Gasteiger partial charge in [-0.3, -0.25) is 23.9 Å². The largest absolute Gasteiger partial charge is 0.496 e. The lowest BCUT2D eigenvalue weighted by atomic mass is 9.90. The molecule has 0 bridgehead atoms. The Bertz CT molecular complexity index is 1900. The summed E-state index contributed by atoms with van der Waals surface area (Å²) >= 11 is 0. The first-order valence-electron chi connectivity index (χ1n) is 14.1. The Morgan fingerprint density at radius 2 is 1.75 bits per heavy atom. The van der Waals surface area contributed by atoms with E-state index in [1.54, 1.807) is 12.1 Å². The minimum atomic E-state index is -0.699. The Balaban J connectivity index is 1.46. The average molecular weight is 600 g/mol. The number of benzene rings is 3. The molecule has 2 amide bonds. The van der Waals surface area contributed by atoms with Crippen molar-refractivity contribution in [3.05, 3.63) is 104 Å². The van der Waals surface area contributed by atoms with Crippen molar-refractivity contribution < 1.29 is 18.7 Å². The molecule has 10 nitrogen and oxygen atoms in total. The van der Waals surface area contributed by atoms with Crippen LogP contribution in [0.5, 0.6) is 5.75 Å². The molecule has 0 radical (unpaired) electrons. The van der Waals surface area contributed by atoms with Crippen molar-refractivity contribution in [2.24, 2.45) is 7.05 Å². The van der Waals surface area contributed by atoms with Gasteiger partial charge in [0.15, 0.2) is 0 Å². The number of methoxy groups -OCH3 is 1. The fourth-order valence-electron chi connectivity index (χ4n) is 5.60. The molecule has 0 saturated carbocycles. The van der Waals surface area contributed by atoms with Gasteiger partial charge in [0.05, 0.1) is 7.11 Å². The smallest absolute Gasteiger partial charge is 0.328 e. The topological polar surface area (TPSA) is 126 Å². The van der Waals surface area contributed by atoms with Crippen LogP contribution in [0, 0.1) is 19.7 Å². The molecule has 11 heteroatoms. The van der Waals surface area contributed by atoms with Crippen LogP contribution in [0.4, 0.5) is 10.1 Å². The third kappa shape index (κ3) is 5.78. The number of hydrogen-bond donors (Lipinski definition) is 3. The summed E-state index contributed by atoms with van der Waals surface area (Å²) in [5, 5.41) is 5.60. The van der Waals surface area contributed by atoms with Crippen LogP contribution in [0.3, 0.4) is 0 Å². The second kappa shape index (κ2) is 12.3. The molecule has 0 aliphatic carbocycles. The fraction of sp³-hybridized carbons (Fsp3) is 0.273. The Hall–Kier alpha value is -5.03. The van der Waals surface area contributed by atoms with Gasteiger partial charge in [-0.2, -0.15) is 0 Å². The standard InChI is InChI=1S/C33H34FN5O5/c1-18-22(20-12-27(34)26(29(13-20)44-5)17-38(3)21-14-30(40)35-15-21)8-6-9-23(18)24-10-7-11-28(19(24)2)37-31(41)25-16-36-33(43)39(4)32(25)42/h6-13,16,21H,14-15,17H2,1-5H3,(H,35,40)(H,36,43)(H,37,41)/t21-/m0/s1. The number of ether oxygens (including phenoxy) is 1. The summed E-state index contributed by atoms with van der Waals surface area (Å²) in [5.41, 5.74) is 4.30. The fourth-order valence-corrected chi connectivity index (χ4v) is 5.60. The van der Waals surface area contributed by atoms with Gasteiger partial charge in [-0.1, -0.05) is 30.3 Å². The highest BCUT2D eigenvalue weighted by Gasteiger charge is 2.27. The van der Waals surface area contributed by atoms with Crippen molar-refractivity contribution in [2.45, 2.75) is 32.9 Å². The van der Waals surface area contributed by atoms with Gasteiger partial charge < -0.3 is 20.4 Å². The molecule has 0 unspecified atom stereocenters. The van der Waals surface area contributed by atoms with Crippen LogP contribution in [0.25, 0.3) is 22.3 Å². The van der Waals surface area contributed by atoms with E-state index in [0.29, 0.717) is 35.5 Å². The zero-order chi connectivity index (χ0) is 31.7. The van der Waals surface area contributed by atoms with Crippen molar-refractivity contribution in [3.63, 3.8) is 0 Å². The maximum absolute atomic E-state index is 15.6. The number of carbonyl (C=O) groups excluding carboxylic acids is 2. The minimum absolute atomic E-state index is 0.0114.